The Morgan fingerprint density at radius 1 is 1.43 bits per heavy atom. The third-order valence-corrected chi connectivity index (χ3v) is 2.09. The van der Waals surface area contributed by atoms with Gasteiger partial charge >= 0.3 is 0 Å². The van der Waals surface area contributed by atoms with Crippen LogP contribution in [0.4, 0.5) is 4.39 Å². The first-order valence-corrected chi connectivity index (χ1v) is 4.66. The van der Waals surface area contributed by atoms with Gasteiger partial charge in [0.2, 0.25) is 0 Å². The maximum atomic E-state index is 12.6. The molecule has 0 amide bonds. The van der Waals surface area contributed by atoms with Crippen molar-refractivity contribution in [3.05, 3.63) is 35.6 Å². The van der Waals surface area contributed by atoms with E-state index in [1.54, 1.807) is 12.1 Å². The molecule has 0 bridgehead atoms. The molecule has 0 heterocycles. The molecule has 0 aliphatic rings. The van der Waals surface area contributed by atoms with Crippen molar-refractivity contribution < 1.29 is 4.39 Å². The molecule has 14 heavy (non-hydrogen) atoms. The average molecular weight is 191 g/mol. The number of hydrogen-bond acceptors (Lipinski definition) is 1. The first kappa shape index (κ1) is 10.7. The Kier molecular flexibility index (Phi) is 4.15. The van der Waals surface area contributed by atoms with Crippen LogP contribution in [0.1, 0.15) is 24.9 Å². The van der Waals surface area contributed by atoms with Crippen molar-refractivity contribution in [1.29, 1.82) is 0 Å². The highest BCUT2D eigenvalue weighted by Crippen LogP contribution is 2.12. The zero-order valence-electron chi connectivity index (χ0n) is 8.26. The third-order valence-electron chi connectivity index (χ3n) is 2.09. The van der Waals surface area contributed by atoms with Gasteiger partial charge in [-0.05, 0) is 24.6 Å². The number of terminal acetylenes is 1. The molecule has 1 N–H and O–H groups in total. The third kappa shape index (κ3) is 3.20. The molecule has 0 spiro atoms. The van der Waals surface area contributed by atoms with Gasteiger partial charge in [-0.1, -0.05) is 12.1 Å². The average Bonchev–Trinajstić information content (AvgIpc) is 2.19. The Hall–Kier alpha value is -1.33. The second kappa shape index (κ2) is 5.41. The molecule has 1 atom stereocenters. The maximum Gasteiger partial charge on any atom is 0.123 e. The van der Waals surface area contributed by atoms with E-state index in [-0.39, 0.29) is 11.9 Å². The van der Waals surface area contributed by atoms with Crippen LogP contribution in [0.5, 0.6) is 0 Å². The summed E-state index contributed by atoms with van der Waals surface area (Å²) >= 11 is 0. The lowest BCUT2D eigenvalue weighted by Gasteiger charge is -2.12. The summed E-state index contributed by atoms with van der Waals surface area (Å²) in [6, 6.07) is 6.71. The van der Waals surface area contributed by atoms with Crippen LogP contribution in [0.2, 0.25) is 0 Å². The van der Waals surface area contributed by atoms with Gasteiger partial charge in [0.1, 0.15) is 5.82 Å². The van der Waals surface area contributed by atoms with Crippen LogP contribution in [0.25, 0.3) is 0 Å². The molecular weight excluding hydrogens is 177 g/mol. The molecule has 0 aliphatic heterocycles. The lowest BCUT2D eigenvalue weighted by atomic mass is 10.1. The number of rotatable bonds is 4. The maximum absolute atomic E-state index is 12.6. The van der Waals surface area contributed by atoms with Crippen molar-refractivity contribution in [3.8, 4) is 12.3 Å². The van der Waals surface area contributed by atoms with Gasteiger partial charge in [0.05, 0.1) is 0 Å². The highest BCUT2D eigenvalue weighted by atomic mass is 19.1. The van der Waals surface area contributed by atoms with Crippen molar-refractivity contribution in [2.45, 2.75) is 19.4 Å². The molecule has 0 aliphatic carbocycles. The van der Waals surface area contributed by atoms with Gasteiger partial charge in [-0.25, -0.2) is 4.39 Å². The zero-order chi connectivity index (χ0) is 10.4. The minimum Gasteiger partial charge on any atom is -0.309 e. The fraction of sp³-hybridized carbons (Fsp3) is 0.333. The van der Waals surface area contributed by atoms with Crippen molar-refractivity contribution in [2.75, 3.05) is 6.54 Å². The predicted octanol–water partition coefficient (Wildman–Crippen LogP) is 2.50. The van der Waals surface area contributed by atoms with E-state index < -0.39 is 0 Å². The Labute approximate surface area is 84.3 Å². The first-order valence-electron chi connectivity index (χ1n) is 4.66. The predicted molar refractivity (Wildman–Crippen MR) is 56.3 cm³/mol. The Balaban J connectivity index is 2.48. The molecule has 0 fully saturated rings. The summed E-state index contributed by atoms with van der Waals surface area (Å²) in [4.78, 5) is 0. The van der Waals surface area contributed by atoms with Crippen LogP contribution in [-0.2, 0) is 0 Å². The Morgan fingerprint density at radius 3 is 2.64 bits per heavy atom. The van der Waals surface area contributed by atoms with Gasteiger partial charge in [-0.3, -0.25) is 0 Å². The molecular formula is C12H14FN. The zero-order valence-corrected chi connectivity index (χ0v) is 8.26. The van der Waals surface area contributed by atoms with E-state index in [2.05, 4.69) is 11.2 Å². The van der Waals surface area contributed by atoms with Crippen LogP contribution in [0.3, 0.4) is 0 Å². The van der Waals surface area contributed by atoms with Crippen LogP contribution in [0.15, 0.2) is 24.3 Å². The Bertz CT molecular complexity index is 310. The summed E-state index contributed by atoms with van der Waals surface area (Å²) in [6.07, 6.45) is 5.85. The van der Waals surface area contributed by atoms with Gasteiger partial charge in [0.25, 0.3) is 0 Å². The van der Waals surface area contributed by atoms with Gasteiger partial charge in [0.15, 0.2) is 0 Å². The van der Waals surface area contributed by atoms with Crippen LogP contribution >= 0.6 is 0 Å². The minimum atomic E-state index is -0.204. The Morgan fingerprint density at radius 2 is 2.07 bits per heavy atom. The molecule has 1 aromatic carbocycles. The highest BCUT2D eigenvalue weighted by Gasteiger charge is 2.03. The summed E-state index contributed by atoms with van der Waals surface area (Å²) in [5.41, 5.74) is 1.07. The van der Waals surface area contributed by atoms with E-state index in [4.69, 9.17) is 6.42 Å². The number of halogens is 1. The fourth-order valence-electron chi connectivity index (χ4n) is 1.23. The summed E-state index contributed by atoms with van der Waals surface area (Å²) in [5, 5.41) is 3.25. The van der Waals surface area contributed by atoms with E-state index in [1.807, 2.05) is 6.92 Å². The molecule has 1 rings (SSSR count). The van der Waals surface area contributed by atoms with E-state index in [0.717, 1.165) is 12.1 Å². The summed E-state index contributed by atoms with van der Waals surface area (Å²) < 4.78 is 12.6. The molecule has 0 saturated heterocycles. The number of nitrogens with one attached hydrogen (secondary N) is 1. The monoisotopic (exact) mass is 191 g/mol. The lowest BCUT2D eigenvalue weighted by molar-refractivity contribution is 0.580. The summed E-state index contributed by atoms with van der Waals surface area (Å²) in [7, 11) is 0. The van der Waals surface area contributed by atoms with E-state index in [9.17, 15) is 4.39 Å². The molecule has 0 aromatic heterocycles. The van der Waals surface area contributed by atoms with E-state index in [0.29, 0.717) is 6.42 Å². The topological polar surface area (TPSA) is 12.0 Å². The van der Waals surface area contributed by atoms with Gasteiger partial charge in [-0.2, -0.15) is 0 Å². The van der Waals surface area contributed by atoms with Crippen LogP contribution < -0.4 is 5.32 Å². The van der Waals surface area contributed by atoms with E-state index in [1.165, 1.54) is 12.1 Å². The quantitative estimate of drug-likeness (QED) is 0.569. The van der Waals surface area contributed by atoms with Crippen LogP contribution in [0, 0.1) is 18.2 Å². The second-order valence-corrected chi connectivity index (χ2v) is 3.18. The smallest absolute Gasteiger partial charge is 0.123 e. The molecule has 0 saturated carbocycles. The molecule has 2 heteroatoms. The van der Waals surface area contributed by atoms with E-state index >= 15 is 0 Å². The van der Waals surface area contributed by atoms with Crippen molar-refractivity contribution in [2.24, 2.45) is 0 Å². The molecule has 1 unspecified atom stereocenters. The fourth-order valence-corrected chi connectivity index (χ4v) is 1.23. The molecule has 1 nitrogen and oxygen atoms in total. The lowest BCUT2D eigenvalue weighted by Crippen LogP contribution is -2.19. The first-order chi connectivity index (χ1) is 6.74. The van der Waals surface area contributed by atoms with Gasteiger partial charge in [0, 0.05) is 19.0 Å². The summed E-state index contributed by atoms with van der Waals surface area (Å²) in [5.74, 6) is 2.36. The van der Waals surface area contributed by atoms with Gasteiger partial charge < -0.3 is 5.32 Å². The highest BCUT2D eigenvalue weighted by molar-refractivity contribution is 5.19. The van der Waals surface area contributed by atoms with Crippen LogP contribution in [-0.4, -0.2) is 6.54 Å². The number of benzene rings is 1. The molecule has 1 aromatic rings. The minimum absolute atomic E-state index is 0.204. The SMILES string of the molecule is C#CCCNC(C)c1ccc(F)cc1. The largest absolute Gasteiger partial charge is 0.309 e. The number of hydrogen-bond donors (Lipinski definition) is 1. The van der Waals surface area contributed by atoms with Crippen molar-refractivity contribution >= 4 is 0 Å². The standard InChI is InChI=1S/C12H14FN/c1-3-4-9-14-10(2)11-5-7-12(13)8-6-11/h1,5-8,10,14H,4,9H2,2H3. The van der Waals surface area contributed by atoms with Crippen molar-refractivity contribution in [1.82, 2.24) is 5.32 Å². The summed E-state index contributed by atoms with van der Waals surface area (Å²) in [6.45, 7) is 2.82. The second-order valence-electron chi connectivity index (χ2n) is 3.18. The van der Waals surface area contributed by atoms with Gasteiger partial charge in [-0.15, -0.1) is 12.3 Å². The normalized spacial score (nSPS) is 12.1. The molecule has 0 radical (unpaired) electrons. The molecule has 74 valence electrons. The van der Waals surface area contributed by atoms with Crippen molar-refractivity contribution in [3.63, 3.8) is 0 Å².